The number of hydrogen-bond donors (Lipinski definition) is 1. The Labute approximate surface area is 123 Å². The van der Waals surface area contributed by atoms with Crippen molar-refractivity contribution in [2.24, 2.45) is 22.7 Å². The van der Waals surface area contributed by atoms with Crippen molar-refractivity contribution in [3.63, 3.8) is 0 Å². The number of rotatable bonds is 2. The summed E-state index contributed by atoms with van der Waals surface area (Å²) < 4.78 is 5.30. The van der Waals surface area contributed by atoms with Crippen LogP contribution in [-0.2, 0) is 9.53 Å². The molecule has 2 aliphatic carbocycles. The molecule has 0 bridgehead atoms. The summed E-state index contributed by atoms with van der Waals surface area (Å²) in [5, 5.41) is 10.8. The summed E-state index contributed by atoms with van der Waals surface area (Å²) in [6.45, 7) is 10.7. The van der Waals surface area contributed by atoms with E-state index in [2.05, 4.69) is 20.8 Å². The molecular weight excluding hydrogens is 252 g/mol. The zero-order valence-electron chi connectivity index (χ0n) is 13.7. The largest absolute Gasteiger partial charge is 0.465 e. The van der Waals surface area contributed by atoms with E-state index in [4.69, 9.17) is 4.74 Å². The van der Waals surface area contributed by atoms with Crippen molar-refractivity contribution in [3.8, 4) is 0 Å². The maximum Gasteiger partial charge on any atom is 0.302 e. The third-order valence-electron chi connectivity index (χ3n) is 6.22. The molecule has 20 heavy (non-hydrogen) atoms. The topological polar surface area (TPSA) is 46.5 Å². The molecule has 0 aliphatic heterocycles. The van der Waals surface area contributed by atoms with Crippen LogP contribution in [0.2, 0.25) is 0 Å². The minimum absolute atomic E-state index is 0.0391. The van der Waals surface area contributed by atoms with E-state index in [-0.39, 0.29) is 17.3 Å². The number of fused-ring (bicyclic) bond motifs is 1. The molecule has 0 saturated heterocycles. The maximum absolute atomic E-state index is 11.2. The standard InChI is InChI=1S/C17H30O3/c1-12(18)20-11-14-16(4)9-6-8-15(2,3)13(16)7-10-17(14,5)19/h13-14,19H,6-11H2,1-5H3/t13-,14-,16-,17+/m0/s1. The summed E-state index contributed by atoms with van der Waals surface area (Å²) in [6, 6.07) is 0. The zero-order valence-corrected chi connectivity index (χ0v) is 13.7. The highest BCUT2D eigenvalue weighted by Gasteiger charge is 2.58. The van der Waals surface area contributed by atoms with Crippen molar-refractivity contribution in [2.45, 2.75) is 72.3 Å². The fourth-order valence-corrected chi connectivity index (χ4v) is 5.20. The lowest BCUT2D eigenvalue weighted by molar-refractivity contribution is -0.188. The Morgan fingerprint density at radius 2 is 1.85 bits per heavy atom. The predicted octanol–water partition coefficient (Wildman–Crippen LogP) is 3.54. The monoisotopic (exact) mass is 282 g/mol. The van der Waals surface area contributed by atoms with Crippen molar-refractivity contribution < 1.29 is 14.6 Å². The highest BCUT2D eigenvalue weighted by atomic mass is 16.5. The second-order valence-electron chi connectivity index (χ2n) is 8.15. The SMILES string of the molecule is CC(=O)OC[C@H]1[C@@]2(C)CCCC(C)(C)[C@@H]2CC[C@@]1(C)O. The quantitative estimate of drug-likeness (QED) is 0.788. The molecule has 0 aromatic carbocycles. The van der Waals surface area contributed by atoms with Gasteiger partial charge >= 0.3 is 5.97 Å². The lowest BCUT2D eigenvalue weighted by Gasteiger charge is -2.60. The van der Waals surface area contributed by atoms with Crippen LogP contribution in [0.5, 0.6) is 0 Å². The first-order chi connectivity index (χ1) is 9.09. The summed E-state index contributed by atoms with van der Waals surface area (Å²) in [4.78, 5) is 11.2. The van der Waals surface area contributed by atoms with Gasteiger partial charge in [-0.05, 0) is 49.4 Å². The Morgan fingerprint density at radius 3 is 2.45 bits per heavy atom. The molecule has 0 amide bonds. The van der Waals surface area contributed by atoms with Gasteiger partial charge in [0.15, 0.2) is 0 Å². The van der Waals surface area contributed by atoms with Gasteiger partial charge in [0.25, 0.3) is 0 Å². The lowest BCUT2D eigenvalue weighted by Crippen LogP contribution is -2.59. The van der Waals surface area contributed by atoms with Crippen molar-refractivity contribution in [2.75, 3.05) is 6.61 Å². The van der Waals surface area contributed by atoms with Gasteiger partial charge in [-0.3, -0.25) is 4.79 Å². The van der Waals surface area contributed by atoms with Crippen LogP contribution < -0.4 is 0 Å². The van der Waals surface area contributed by atoms with Crippen LogP contribution in [0.15, 0.2) is 0 Å². The molecular formula is C17H30O3. The molecule has 116 valence electrons. The van der Waals surface area contributed by atoms with E-state index in [1.807, 2.05) is 6.92 Å². The van der Waals surface area contributed by atoms with Gasteiger partial charge in [-0.2, -0.15) is 0 Å². The fraction of sp³-hybridized carbons (Fsp3) is 0.941. The molecule has 0 radical (unpaired) electrons. The van der Waals surface area contributed by atoms with Crippen LogP contribution in [0, 0.1) is 22.7 Å². The van der Waals surface area contributed by atoms with E-state index >= 15 is 0 Å². The van der Waals surface area contributed by atoms with Crippen LogP contribution in [0.25, 0.3) is 0 Å². The Balaban J connectivity index is 2.30. The third kappa shape index (κ3) is 2.61. The van der Waals surface area contributed by atoms with E-state index in [1.165, 1.54) is 19.8 Å². The number of ether oxygens (including phenoxy) is 1. The minimum Gasteiger partial charge on any atom is -0.465 e. The highest BCUT2D eigenvalue weighted by Crippen LogP contribution is 2.61. The molecule has 3 heteroatoms. The molecule has 2 aliphatic rings. The van der Waals surface area contributed by atoms with Crippen LogP contribution in [-0.4, -0.2) is 23.3 Å². The van der Waals surface area contributed by atoms with Gasteiger partial charge in [0.05, 0.1) is 12.2 Å². The van der Waals surface area contributed by atoms with Gasteiger partial charge in [0, 0.05) is 12.8 Å². The smallest absolute Gasteiger partial charge is 0.302 e. The first-order valence-electron chi connectivity index (χ1n) is 7.95. The number of carbonyl (C=O) groups excluding carboxylic acids is 1. The summed E-state index contributed by atoms with van der Waals surface area (Å²) >= 11 is 0. The van der Waals surface area contributed by atoms with Gasteiger partial charge in [0.1, 0.15) is 0 Å². The number of esters is 1. The van der Waals surface area contributed by atoms with Gasteiger partial charge in [0.2, 0.25) is 0 Å². The highest BCUT2D eigenvalue weighted by molar-refractivity contribution is 5.65. The number of hydrogen-bond acceptors (Lipinski definition) is 3. The molecule has 2 rings (SSSR count). The first kappa shape index (κ1) is 15.8. The van der Waals surface area contributed by atoms with E-state index in [0.717, 1.165) is 19.3 Å². The Morgan fingerprint density at radius 1 is 1.20 bits per heavy atom. The molecule has 3 nitrogen and oxygen atoms in total. The second-order valence-corrected chi connectivity index (χ2v) is 8.15. The van der Waals surface area contributed by atoms with Crippen molar-refractivity contribution >= 4 is 5.97 Å². The summed E-state index contributed by atoms with van der Waals surface area (Å²) in [6.07, 6.45) is 5.47. The summed E-state index contributed by atoms with van der Waals surface area (Å²) in [7, 11) is 0. The van der Waals surface area contributed by atoms with Gasteiger partial charge < -0.3 is 9.84 Å². The summed E-state index contributed by atoms with van der Waals surface area (Å²) in [5.74, 6) is 0.392. The second kappa shape index (κ2) is 5.01. The van der Waals surface area contributed by atoms with Gasteiger partial charge in [-0.25, -0.2) is 0 Å². The van der Waals surface area contributed by atoms with Crippen molar-refractivity contribution in [1.29, 1.82) is 0 Å². The molecule has 2 saturated carbocycles. The molecule has 2 fully saturated rings. The molecule has 0 heterocycles. The molecule has 1 N–H and O–H groups in total. The van der Waals surface area contributed by atoms with E-state index in [9.17, 15) is 9.90 Å². The van der Waals surface area contributed by atoms with Crippen LogP contribution in [0.3, 0.4) is 0 Å². The lowest BCUT2D eigenvalue weighted by atomic mass is 9.46. The van der Waals surface area contributed by atoms with Crippen molar-refractivity contribution in [3.05, 3.63) is 0 Å². The summed E-state index contributed by atoms with van der Waals surface area (Å²) in [5.41, 5.74) is -0.342. The molecule has 0 aromatic rings. The number of carbonyl (C=O) groups is 1. The minimum atomic E-state index is -0.728. The van der Waals surface area contributed by atoms with Gasteiger partial charge in [-0.1, -0.05) is 27.2 Å². The normalized spacial score (nSPS) is 43.7. The molecule has 0 unspecified atom stereocenters. The van der Waals surface area contributed by atoms with Gasteiger partial charge in [-0.15, -0.1) is 0 Å². The fourth-order valence-electron chi connectivity index (χ4n) is 5.20. The predicted molar refractivity (Wildman–Crippen MR) is 79.2 cm³/mol. The van der Waals surface area contributed by atoms with Crippen LogP contribution in [0.1, 0.15) is 66.7 Å². The zero-order chi connectivity index (χ0) is 15.2. The van der Waals surface area contributed by atoms with Crippen LogP contribution in [0.4, 0.5) is 0 Å². The molecule has 0 spiro atoms. The third-order valence-corrected chi connectivity index (χ3v) is 6.22. The average molecular weight is 282 g/mol. The maximum atomic E-state index is 11.2. The Bertz CT molecular complexity index is 386. The van der Waals surface area contributed by atoms with E-state index < -0.39 is 5.60 Å². The Hall–Kier alpha value is -0.570. The van der Waals surface area contributed by atoms with Crippen LogP contribution >= 0.6 is 0 Å². The molecule has 0 aromatic heterocycles. The first-order valence-corrected chi connectivity index (χ1v) is 7.95. The van der Waals surface area contributed by atoms with Crippen molar-refractivity contribution in [1.82, 2.24) is 0 Å². The van der Waals surface area contributed by atoms with E-state index in [0.29, 0.717) is 17.9 Å². The number of aliphatic hydroxyl groups is 1. The average Bonchev–Trinajstić information content (AvgIpc) is 2.25. The van der Waals surface area contributed by atoms with E-state index in [1.54, 1.807) is 0 Å². The Kier molecular flexibility index (Phi) is 3.96. The molecule has 4 atom stereocenters.